The van der Waals surface area contributed by atoms with Crippen LogP contribution in [0.2, 0.25) is 10.0 Å². The van der Waals surface area contributed by atoms with Crippen molar-refractivity contribution in [1.82, 2.24) is 10.2 Å². The summed E-state index contributed by atoms with van der Waals surface area (Å²) in [6, 6.07) is 2.42. The van der Waals surface area contributed by atoms with Crippen molar-refractivity contribution in [2.75, 3.05) is 19.6 Å². The number of amides is 1. The largest absolute Gasteiger partial charge is 0.333 e. The van der Waals surface area contributed by atoms with Gasteiger partial charge in [-0.05, 0) is 19.1 Å². The van der Waals surface area contributed by atoms with Gasteiger partial charge in [-0.2, -0.15) is 0 Å². The van der Waals surface area contributed by atoms with Crippen LogP contribution >= 0.6 is 35.6 Å². The second-order valence-electron chi connectivity index (χ2n) is 4.30. The van der Waals surface area contributed by atoms with E-state index >= 15 is 0 Å². The minimum atomic E-state index is -0.632. The number of carbonyl (C=O) groups excluding carboxylic acids is 1. The quantitative estimate of drug-likeness (QED) is 0.804. The van der Waals surface area contributed by atoms with E-state index in [9.17, 15) is 9.18 Å². The highest BCUT2D eigenvalue weighted by atomic mass is 35.5. The lowest BCUT2D eigenvalue weighted by Gasteiger charge is -2.34. The molecule has 0 saturated carbocycles. The molecule has 7 heteroatoms. The van der Waals surface area contributed by atoms with E-state index in [0.717, 1.165) is 19.2 Å². The van der Waals surface area contributed by atoms with Gasteiger partial charge in [0.25, 0.3) is 5.91 Å². The van der Waals surface area contributed by atoms with Crippen LogP contribution < -0.4 is 5.32 Å². The van der Waals surface area contributed by atoms with Crippen LogP contribution in [0.4, 0.5) is 4.39 Å². The maximum absolute atomic E-state index is 13.4. The second kappa shape index (κ2) is 6.75. The average Bonchev–Trinajstić information content (AvgIpc) is 2.33. The van der Waals surface area contributed by atoms with Crippen LogP contribution in [0.1, 0.15) is 17.3 Å². The van der Waals surface area contributed by atoms with E-state index < -0.39 is 5.82 Å². The third kappa shape index (κ3) is 3.51. The van der Waals surface area contributed by atoms with E-state index in [1.54, 1.807) is 4.90 Å². The molecule has 1 heterocycles. The maximum atomic E-state index is 13.4. The summed E-state index contributed by atoms with van der Waals surface area (Å²) >= 11 is 11.6. The molecule has 106 valence electrons. The molecule has 1 aromatic carbocycles. The fourth-order valence-corrected chi connectivity index (χ4v) is 2.45. The third-order valence-electron chi connectivity index (χ3n) is 3.00. The molecule has 0 aromatic heterocycles. The molecule has 0 aliphatic carbocycles. The predicted octanol–water partition coefficient (Wildman–Crippen LogP) is 2.99. The summed E-state index contributed by atoms with van der Waals surface area (Å²) in [4.78, 5) is 14.0. The molecule has 3 nitrogen and oxygen atoms in total. The number of benzene rings is 1. The van der Waals surface area contributed by atoms with Crippen LogP contribution in [0.3, 0.4) is 0 Å². The first kappa shape index (κ1) is 16.5. The van der Waals surface area contributed by atoms with Crippen molar-refractivity contribution in [2.45, 2.75) is 13.0 Å². The Hall–Kier alpha value is -0.550. The Morgan fingerprint density at radius 1 is 1.42 bits per heavy atom. The third-order valence-corrected chi connectivity index (χ3v) is 3.60. The van der Waals surface area contributed by atoms with Crippen molar-refractivity contribution < 1.29 is 9.18 Å². The van der Waals surface area contributed by atoms with Crippen LogP contribution in [0.25, 0.3) is 0 Å². The van der Waals surface area contributed by atoms with E-state index in [1.165, 1.54) is 6.07 Å². The molecule has 1 amide bonds. The molecular weight excluding hydrogens is 314 g/mol. The number of halogens is 4. The number of rotatable bonds is 1. The number of carbonyl (C=O) groups is 1. The Bertz CT molecular complexity index is 484. The predicted molar refractivity (Wildman–Crippen MR) is 77.0 cm³/mol. The fraction of sp³-hybridized carbons (Fsp3) is 0.417. The van der Waals surface area contributed by atoms with Crippen LogP contribution in [0.5, 0.6) is 0 Å². The molecule has 2 rings (SSSR count). The minimum absolute atomic E-state index is 0. The van der Waals surface area contributed by atoms with Gasteiger partial charge < -0.3 is 10.2 Å². The summed E-state index contributed by atoms with van der Waals surface area (Å²) < 4.78 is 13.4. The van der Waals surface area contributed by atoms with Crippen molar-refractivity contribution >= 4 is 41.5 Å². The Morgan fingerprint density at radius 3 is 2.74 bits per heavy atom. The number of nitrogens with one attached hydrogen (secondary N) is 1. The van der Waals surface area contributed by atoms with Crippen molar-refractivity contribution in [2.24, 2.45) is 0 Å². The Labute approximate surface area is 127 Å². The summed E-state index contributed by atoms with van der Waals surface area (Å²) in [6.45, 7) is 3.97. The van der Waals surface area contributed by atoms with Crippen molar-refractivity contribution in [1.29, 1.82) is 0 Å². The van der Waals surface area contributed by atoms with Crippen LogP contribution in [0, 0.1) is 5.82 Å². The first-order chi connectivity index (χ1) is 8.50. The van der Waals surface area contributed by atoms with Gasteiger partial charge in [0.15, 0.2) is 0 Å². The molecule has 0 bridgehead atoms. The smallest absolute Gasteiger partial charge is 0.255 e. The van der Waals surface area contributed by atoms with Crippen LogP contribution in [-0.4, -0.2) is 36.5 Å². The zero-order chi connectivity index (χ0) is 13.3. The molecule has 1 fully saturated rings. The van der Waals surface area contributed by atoms with E-state index in [2.05, 4.69) is 5.32 Å². The lowest BCUT2D eigenvalue weighted by molar-refractivity contribution is 0.0655. The molecular formula is C12H14Cl3FN2O. The van der Waals surface area contributed by atoms with Gasteiger partial charge >= 0.3 is 0 Å². The summed E-state index contributed by atoms with van der Waals surface area (Å²) in [7, 11) is 0. The number of hydrogen-bond donors (Lipinski definition) is 1. The number of piperazine rings is 1. The first-order valence-electron chi connectivity index (χ1n) is 5.67. The SMILES string of the molecule is C[C@@H]1CNCCN1C(=O)c1cc(F)c(Cl)cc1Cl.Cl. The Morgan fingerprint density at radius 2 is 2.11 bits per heavy atom. The Kier molecular flexibility index (Phi) is 5.86. The van der Waals surface area contributed by atoms with Gasteiger partial charge in [0, 0.05) is 25.7 Å². The molecule has 0 unspecified atom stereocenters. The topological polar surface area (TPSA) is 32.3 Å². The maximum Gasteiger partial charge on any atom is 0.255 e. The summed E-state index contributed by atoms with van der Waals surface area (Å²) in [5, 5.41) is 3.28. The van der Waals surface area contributed by atoms with Crippen molar-refractivity contribution in [3.05, 3.63) is 33.6 Å². The molecule has 1 saturated heterocycles. The second-order valence-corrected chi connectivity index (χ2v) is 5.11. The van der Waals surface area contributed by atoms with Gasteiger partial charge in [0.2, 0.25) is 0 Å². The van der Waals surface area contributed by atoms with Crippen LogP contribution in [0.15, 0.2) is 12.1 Å². The highest BCUT2D eigenvalue weighted by Gasteiger charge is 2.26. The molecule has 1 aliphatic heterocycles. The van der Waals surface area contributed by atoms with Crippen LogP contribution in [-0.2, 0) is 0 Å². The Balaban J connectivity index is 0.00000180. The van der Waals surface area contributed by atoms with E-state index in [4.69, 9.17) is 23.2 Å². The minimum Gasteiger partial charge on any atom is -0.333 e. The first-order valence-corrected chi connectivity index (χ1v) is 6.42. The monoisotopic (exact) mass is 326 g/mol. The lowest BCUT2D eigenvalue weighted by Crippen LogP contribution is -2.52. The van der Waals surface area contributed by atoms with Gasteiger partial charge in [-0.3, -0.25) is 4.79 Å². The zero-order valence-corrected chi connectivity index (χ0v) is 12.6. The molecule has 1 atom stereocenters. The van der Waals surface area contributed by atoms with Crippen molar-refractivity contribution in [3.63, 3.8) is 0 Å². The highest BCUT2D eigenvalue weighted by Crippen LogP contribution is 2.26. The van der Waals surface area contributed by atoms with Gasteiger partial charge in [0.05, 0.1) is 15.6 Å². The average molecular weight is 328 g/mol. The summed E-state index contributed by atoms with van der Waals surface area (Å²) in [6.07, 6.45) is 0. The highest BCUT2D eigenvalue weighted by molar-refractivity contribution is 6.36. The standard InChI is InChI=1S/C12H13Cl2FN2O.ClH/c1-7-6-16-2-3-17(7)12(18)8-4-11(15)10(14)5-9(8)13;/h4-5,7,16H,2-3,6H2,1H3;1H/t7-;/m1./s1. The van der Waals surface area contributed by atoms with Gasteiger partial charge in [0.1, 0.15) is 5.82 Å². The summed E-state index contributed by atoms with van der Waals surface area (Å²) in [5.74, 6) is -0.892. The molecule has 0 radical (unpaired) electrons. The van der Waals surface area contributed by atoms with Gasteiger partial charge in [-0.15, -0.1) is 12.4 Å². The van der Waals surface area contributed by atoms with Gasteiger partial charge in [-0.25, -0.2) is 4.39 Å². The number of hydrogen-bond acceptors (Lipinski definition) is 2. The molecule has 1 aliphatic rings. The fourth-order valence-electron chi connectivity index (χ4n) is 1.98. The molecule has 19 heavy (non-hydrogen) atoms. The van der Waals surface area contributed by atoms with E-state index in [0.29, 0.717) is 6.54 Å². The van der Waals surface area contributed by atoms with E-state index in [-0.39, 0.29) is 40.0 Å². The molecule has 1 N–H and O–H groups in total. The zero-order valence-electron chi connectivity index (χ0n) is 10.3. The van der Waals surface area contributed by atoms with Gasteiger partial charge in [-0.1, -0.05) is 23.2 Å². The number of nitrogens with zero attached hydrogens (tertiary/aromatic N) is 1. The molecule has 0 spiro atoms. The normalized spacial score (nSPS) is 18.9. The lowest BCUT2D eigenvalue weighted by atomic mass is 10.1. The molecule has 1 aromatic rings. The van der Waals surface area contributed by atoms with E-state index in [1.807, 2.05) is 6.92 Å². The van der Waals surface area contributed by atoms with Crippen molar-refractivity contribution in [3.8, 4) is 0 Å². The summed E-state index contributed by atoms with van der Waals surface area (Å²) in [5.41, 5.74) is 0.160.